The molecule has 0 aromatic heterocycles. The first-order chi connectivity index (χ1) is 12.8. The first-order valence-electron chi connectivity index (χ1n) is 9.67. The Labute approximate surface area is 155 Å². The van der Waals surface area contributed by atoms with E-state index in [4.69, 9.17) is 0 Å². The zero-order valence-corrected chi connectivity index (χ0v) is 15.2. The molecule has 132 valence electrons. The van der Waals surface area contributed by atoms with E-state index in [1.807, 2.05) is 36.4 Å². The van der Waals surface area contributed by atoms with E-state index < -0.39 is 0 Å². The lowest BCUT2D eigenvalue weighted by Gasteiger charge is -2.31. The Morgan fingerprint density at radius 1 is 0.808 bits per heavy atom. The van der Waals surface area contributed by atoms with E-state index in [9.17, 15) is 4.79 Å². The van der Waals surface area contributed by atoms with Crippen molar-refractivity contribution < 1.29 is 4.79 Å². The number of benzene rings is 2. The van der Waals surface area contributed by atoms with Crippen LogP contribution in [0.4, 0.5) is 0 Å². The molecule has 4 rings (SSSR count). The van der Waals surface area contributed by atoms with Crippen LogP contribution in [0.1, 0.15) is 48.0 Å². The highest BCUT2D eigenvalue weighted by Gasteiger charge is 2.29. The second-order valence-electron chi connectivity index (χ2n) is 7.15. The minimum Gasteiger partial charge on any atom is -0.371 e. The molecule has 0 bridgehead atoms. The molecule has 1 heterocycles. The van der Waals surface area contributed by atoms with Gasteiger partial charge in [-0.3, -0.25) is 4.79 Å². The summed E-state index contributed by atoms with van der Waals surface area (Å²) in [7, 11) is 0. The van der Waals surface area contributed by atoms with Crippen molar-refractivity contribution in [3.63, 3.8) is 0 Å². The van der Waals surface area contributed by atoms with Crippen molar-refractivity contribution in [2.24, 2.45) is 0 Å². The normalized spacial score (nSPS) is 19.2. The number of likely N-dealkylation sites (tertiary alicyclic amines) is 1. The Morgan fingerprint density at radius 3 is 2.15 bits per heavy atom. The lowest BCUT2D eigenvalue weighted by atomic mass is 10.00. The Morgan fingerprint density at radius 2 is 1.46 bits per heavy atom. The third-order valence-electron chi connectivity index (χ3n) is 5.36. The van der Waals surface area contributed by atoms with E-state index >= 15 is 0 Å². The summed E-state index contributed by atoms with van der Waals surface area (Å²) in [5.41, 5.74) is 5.54. The molecule has 0 amide bonds. The molecule has 2 aromatic rings. The maximum atomic E-state index is 13.2. The number of ketones is 1. The van der Waals surface area contributed by atoms with E-state index in [1.165, 1.54) is 36.1 Å². The van der Waals surface area contributed by atoms with Gasteiger partial charge in [0.1, 0.15) is 0 Å². The number of allylic oxidation sites excluding steroid dienone is 2. The van der Waals surface area contributed by atoms with Crippen LogP contribution in [-0.4, -0.2) is 23.8 Å². The average Bonchev–Trinajstić information content (AvgIpc) is 3.13. The summed E-state index contributed by atoms with van der Waals surface area (Å²) in [6.07, 6.45) is 7.80. The van der Waals surface area contributed by atoms with Crippen LogP contribution >= 0.6 is 0 Å². The number of nitrogens with zero attached hydrogens (tertiary/aromatic N) is 1. The third kappa shape index (κ3) is 3.50. The van der Waals surface area contributed by atoms with Crippen LogP contribution in [0.15, 0.2) is 77.5 Å². The summed E-state index contributed by atoms with van der Waals surface area (Å²) in [5, 5.41) is 0. The zero-order valence-electron chi connectivity index (χ0n) is 15.2. The van der Waals surface area contributed by atoms with Crippen LogP contribution in [0.2, 0.25) is 0 Å². The molecule has 1 aliphatic carbocycles. The summed E-state index contributed by atoms with van der Waals surface area (Å²) in [4.78, 5) is 15.6. The number of carbonyl (C=O) groups is 1. The zero-order chi connectivity index (χ0) is 17.8. The molecule has 1 aliphatic heterocycles. The second-order valence-corrected chi connectivity index (χ2v) is 7.15. The predicted octanol–water partition coefficient (Wildman–Crippen LogP) is 5.49. The molecule has 0 radical (unpaired) electrons. The third-order valence-corrected chi connectivity index (χ3v) is 5.36. The predicted molar refractivity (Wildman–Crippen MR) is 107 cm³/mol. The standard InChI is InChI=1S/C24H25NO/c26-24(20-12-6-2-7-13-20)22-15-14-21(18-19-10-4-1-5-11-19)23(22)25-16-8-3-9-17-25/h1-2,4-7,10-13,18H,3,8-9,14-17H2. The fraction of sp³-hybridized carbons (Fsp3) is 0.292. The molecule has 0 spiro atoms. The van der Waals surface area contributed by atoms with Crippen LogP contribution in [-0.2, 0) is 0 Å². The lowest BCUT2D eigenvalue weighted by molar-refractivity contribution is 0.102. The van der Waals surface area contributed by atoms with E-state index in [-0.39, 0.29) is 5.78 Å². The first kappa shape index (κ1) is 16.8. The fourth-order valence-electron chi connectivity index (χ4n) is 4.08. The number of hydrogen-bond donors (Lipinski definition) is 0. The van der Waals surface area contributed by atoms with Gasteiger partial charge in [-0.25, -0.2) is 0 Å². The number of hydrogen-bond acceptors (Lipinski definition) is 2. The summed E-state index contributed by atoms with van der Waals surface area (Å²) in [5.74, 6) is 0.197. The van der Waals surface area contributed by atoms with Crippen molar-refractivity contribution in [1.82, 2.24) is 4.90 Å². The van der Waals surface area contributed by atoms with Crippen LogP contribution in [0, 0.1) is 0 Å². The van der Waals surface area contributed by atoms with E-state index in [1.54, 1.807) is 0 Å². The van der Waals surface area contributed by atoms with Crippen molar-refractivity contribution >= 4 is 11.9 Å². The van der Waals surface area contributed by atoms with Crippen LogP contribution in [0.25, 0.3) is 6.08 Å². The molecule has 26 heavy (non-hydrogen) atoms. The first-order valence-corrected chi connectivity index (χ1v) is 9.67. The van der Waals surface area contributed by atoms with Crippen molar-refractivity contribution in [3.05, 3.63) is 88.6 Å². The molecule has 1 saturated heterocycles. The monoisotopic (exact) mass is 343 g/mol. The van der Waals surface area contributed by atoms with Crippen molar-refractivity contribution in [3.8, 4) is 0 Å². The van der Waals surface area contributed by atoms with Crippen molar-refractivity contribution in [2.75, 3.05) is 13.1 Å². The lowest BCUT2D eigenvalue weighted by Crippen LogP contribution is -2.30. The topological polar surface area (TPSA) is 20.3 Å². The number of carbonyl (C=O) groups excluding carboxylic acids is 1. The van der Waals surface area contributed by atoms with Crippen LogP contribution < -0.4 is 0 Å². The molecule has 1 fully saturated rings. The minimum absolute atomic E-state index is 0.197. The molecular formula is C24H25NO. The quantitative estimate of drug-likeness (QED) is 0.685. The maximum absolute atomic E-state index is 13.2. The second kappa shape index (κ2) is 7.74. The Hall–Kier alpha value is -2.61. The van der Waals surface area contributed by atoms with E-state index in [0.717, 1.165) is 37.1 Å². The highest BCUT2D eigenvalue weighted by atomic mass is 16.1. The van der Waals surface area contributed by atoms with Gasteiger partial charge in [-0.05, 0) is 49.3 Å². The Bertz CT molecular complexity index is 827. The SMILES string of the molecule is O=C(C1=C(N2CCCCC2)C(=Cc2ccccc2)CC1)c1ccccc1. The molecule has 2 aliphatic rings. The van der Waals surface area contributed by atoms with E-state index in [2.05, 4.69) is 35.2 Å². The van der Waals surface area contributed by atoms with Gasteiger partial charge in [-0.15, -0.1) is 0 Å². The van der Waals surface area contributed by atoms with Crippen LogP contribution in [0.3, 0.4) is 0 Å². The van der Waals surface area contributed by atoms with Gasteiger partial charge in [0.2, 0.25) is 0 Å². The van der Waals surface area contributed by atoms with Gasteiger partial charge >= 0.3 is 0 Å². The summed E-state index contributed by atoms with van der Waals surface area (Å²) in [6, 6.07) is 20.2. The molecule has 2 nitrogen and oxygen atoms in total. The van der Waals surface area contributed by atoms with Gasteiger partial charge in [0.25, 0.3) is 0 Å². The fourth-order valence-corrected chi connectivity index (χ4v) is 4.08. The van der Waals surface area contributed by atoms with Crippen molar-refractivity contribution in [1.29, 1.82) is 0 Å². The molecule has 2 aromatic carbocycles. The summed E-state index contributed by atoms with van der Waals surface area (Å²) < 4.78 is 0. The summed E-state index contributed by atoms with van der Waals surface area (Å²) >= 11 is 0. The number of Topliss-reactive ketones (excluding diaryl/α,β-unsaturated/α-hetero) is 1. The number of rotatable bonds is 4. The highest BCUT2D eigenvalue weighted by molar-refractivity contribution is 6.10. The van der Waals surface area contributed by atoms with E-state index in [0.29, 0.717) is 0 Å². The van der Waals surface area contributed by atoms with Gasteiger partial charge in [-0.2, -0.15) is 0 Å². The molecule has 0 N–H and O–H groups in total. The molecule has 0 atom stereocenters. The Balaban J connectivity index is 1.75. The van der Waals surface area contributed by atoms with Crippen molar-refractivity contribution in [2.45, 2.75) is 32.1 Å². The minimum atomic E-state index is 0.197. The Kier molecular flexibility index (Phi) is 5.01. The average molecular weight is 343 g/mol. The molecule has 0 saturated carbocycles. The maximum Gasteiger partial charge on any atom is 0.191 e. The summed E-state index contributed by atoms with van der Waals surface area (Å²) in [6.45, 7) is 2.13. The highest BCUT2D eigenvalue weighted by Crippen LogP contribution is 2.38. The van der Waals surface area contributed by atoms with Gasteiger partial charge < -0.3 is 4.90 Å². The molecule has 0 unspecified atom stereocenters. The van der Waals surface area contributed by atoms with Gasteiger partial charge in [-0.1, -0.05) is 60.7 Å². The largest absolute Gasteiger partial charge is 0.371 e. The van der Waals surface area contributed by atoms with Crippen LogP contribution in [0.5, 0.6) is 0 Å². The number of piperidine rings is 1. The van der Waals surface area contributed by atoms with Gasteiger partial charge in [0.15, 0.2) is 5.78 Å². The van der Waals surface area contributed by atoms with Gasteiger partial charge in [0, 0.05) is 29.9 Å². The smallest absolute Gasteiger partial charge is 0.191 e. The van der Waals surface area contributed by atoms with Gasteiger partial charge in [0.05, 0.1) is 0 Å². The molecule has 2 heteroatoms. The molecular weight excluding hydrogens is 318 g/mol.